The van der Waals surface area contributed by atoms with Gasteiger partial charge in [0, 0.05) is 32.2 Å². The van der Waals surface area contributed by atoms with Gasteiger partial charge in [-0.15, -0.1) is 24.8 Å². The minimum atomic E-state index is -4.22. The Morgan fingerprint density at radius 1 is 0.926 bits per heavy atom. The molecule has 0 aromatic heterocycles. The summed E-state index contributed by atoms with van der Waals surface area (Å²) in [5.41, 5.74) is 0.632. The molecule has 2 aromatic rings. The molecule has 0 bridgehead atoms. The third-order valence-corrected chi connectivity index (χ3v) is 4.24. The quantitative estimate of drug-likeness (QED) is 0.714. The number of halogens is 5. The average Bonchev–Trinajstić information content (AvgIpc) is 2.61. The lowest BCUT2D eigenvalue weighted by molar-refractivity contribution is -0.148. The molecule has 1 heterocycles. The highest BCUT2D eigenvalue weighted by molar-refractivity contribution is 5.85. The van der Waals surface area contributed by atoms with Gasteiger partial charge < -0.3 is 10.1 Å². The van der Waals surface area contributed by atoms with Gasteiger partial charge in [-0.05, 0) is 29.8 Å². The zero-order chi connectivity index (χ0) is 17.7. The number of hydrogen-bond donors (Lipinski definition) is 1. The molecule has 1 N–H and O–H groups in total. The molecule has 0 saturated carbocycles. The van der Waals surface area contributed by atoms with Crippen molar-refractivity contribution in [3.05, 3.63) is 60.2 Å². The van der Waals surface area contributed by atoms with Crippen molar-refractivity contribution in [1.29, 1.82) is 0 Å². The normalized spacial score (nSPS) is 16.0. The van der Waals surface area contributed by atoms with E-state index in [0.29, 0.717) is 43.2 Å². The van der Waals surface area contributed by atoms with Crippen LogP contribution in [0.3, 0.4) is 0 Å². The van der Waals surface area contributed by atoms with Crippen molar-refractivity contribution in [2.75, 3.05) is 26.2 Å². The van der Waals surface area contributed by atoms with Crippen molar-refractivity contribution in [3.63, 3.8) is 0 Å². The van der Waals surface area contributed by atoms with Crippen LogP contribution in [0.5, 0.6) is 11.5 Å². The Morgan fingerprint density at radius 2 is 1.56 bits per heavy atom. The van der Waals surface area contributed by atoms with Crippen LogP contribution in [0.15, 0.2) is 54.6 Å². The van der Waals surface area contributed by atoms with Gasteiger partial charge in [0.05, 0.1) is 6.42 Å². The molecule has 0 spiro atoms. The number of piperazine rings is 1. The molecule has 3 rings (SSSR count). The van der Waals surface area contributed by atoms with Crippen LogP contribution in [0.4, 0.5) is 13.2 Å². The van der Waals surface area contributed by atoms with E-state index in [1.54, 1.807) is 24.3 Å². The van der Waals surface area contributed by atoms with Crippen LogP contribution in [-0.4, -0.2) is 37.3 Å². The van der Waals surface area contributed by atoms with Crippen molar-refractivity contribution in [3.8, 4) is 11.5 Å². The minimum absolute atomic E-state index is 0. The van der Waals surface area contributed by atoms with Gasteiger partial charge in [-0.3, -0.25) is 4.90 Å². The molecular formula is C19H23Cl2F3N2O. The van der Waals surface area contributed by atoms with Gasteiger partial charge in [0.2, 0.25) is 0 Å². The summed E-state index contributed by atoms with van der Waals surface area (Å²) >= 11 is 0. The van der Waals surface area contributed by atoms with E-state index in [-0.39, 0.29) is 24.8 Å². The summed E-state index contributed by atoms with van der Waals surface area (Å²) in [5.74, 6) is 1.21. The van der Waals surface area contributed by atoms with E-state index in [0.717, 1.165) is 0 Å². The Morgan fingerprint density at radius 3 is 2.19 bits per heavy atom. The van der Waals surface area contributed by atoms with Gasteiger partial charge >= 0.3 is 6.18 Å². The minimum Gasteiger partial charge on any atom is -0.457 e. The third kappa shape index (κ3) is 7.22. The van der Waals surface area contributed by atoms with Crippen LogP contribution < -0.4 is 10.1 Å². The molecule has 0 amide bonds. The number of benzene rings is 2. The van der Waals surface area contributed by atoms with Gasteiger partial charge in [0.25, 0.3) is 0 Å². The third-order valence-electron chi connectivity index (χ3n) is 4.24. The molecule has 1 atom stereocenters. The molecule has 0 radical (unpaired) electrons. The van der Waals surface area contributed by atoms with Crippen LogP contribution in [0, 0.1) is 0 Å². The first-order valence-electron chi connectivity index (χ1n) is 8.36. The van der Waals surface area contributed by atoms with E-state index in [9.17, 15) is 13.2 Å². The highest BCUT2D eigenvalue weighted by Crippen LogP contribution is 2.35. The maximum Gasteiger partial charge on any atom is 0.390 e. The van der Waals surface area contributed by atoms with Crippen LogP contribution in [0.25, 0.3) is 0 Å². The smallest absolute Gasteiger partial charge is 0.390 e. The van der Waals surface area contributed by atoms with Crippen LogP contribution in [0.1, 0.15) is 18.0 Å². The largest absolute Gasteiger partial charge is 0.457 e. The summed E-state index contributed by atoms with van der Waals surface area (Å²) in [6.07, 6.45) is -5.08. The second-order valence-electron chi connectivity index (χ2n) is 6.11. The van der Waals surface area contributed by atoms with E-state index in [4.69, 9.17) is 4.74 Å². The standard InChI is InChI=1S/C19H21F3N2O.2ClH/c20-19(21,22)14-18(24-11-9-23-10-12-24)15-5-4-8-17(13-15)25-16-6-2-1-3-7-16;;/h1-8,13,18,23H,9-12,14H2;2*1H/t18-;;/m1../s1. The van der Waals surface area contributed by atoms with E-state index in [1.807, 2.05) is 35.2 Å². The van der Waals surface area contributed by atoms with Crippen molar-refractivity contribution >= 4 is 24.8 Å². The summed E-state index contributed by atoms with van der Waals surface area (Å²) in [5, 5.41) is 3.18. The molecule has 150 valence electrons. The molecule has 1 fully saturated rings. The summed E-state index contributed by atoms with van der Waals surface area (Å²) in [4.78, 5) is 1.89. The van der Waals surface area contributed by atoms with Gasteiger partial charge in [0.15, 0.2) is 0 Å². The van der Waals surface area contributed by atoms with Gasteiger partial charge in [-0.1, -0.05) is 30.3 Å². The lowest BCUT2D eigenvalue weighted by Gasteiger charge is -2.35. The van der Waals surface area contributed by atoms with Gasteiger partial charge in [-0.25, -0.2) is 0 Å². The zero-order valence-electron chi connectivity index (χ0n) is 14.6. The van der Waals surface area contributed by atoms with Crippen LogP contribution in [-0.2, 0) is 0 Å². The van der Waals surface area contributed by atoms with E-state index in [1.165, 1.54) is 0 Å². The monoisotopic (exact) mass is 422 g/mol. The molecule has 8 heteroatoms. The van der Waals surface area contributed by atoms with E-state index >= 15 is 0 Å². The van der Waals surface area contributed by atoms with Crippen LogP contribution >= 0.6 is 24.8 Å². The lowest BCUT2D eigenvalue weighted by Crippen LogP contribution is -2.46. The fraction of sp³-hybridized carbons (Fsp3) is 0.368. The first-order valence-corrected chi connectivity index (χ1v) is 8.36. The maximum absolute atomic E-state index is 13.1. The molecular weight excluding hydrogens is 400 g/mol. The number of rotatable bonds is 5. The number of nitrogens with zero attached hydrogens (tertiary/aromatic N) is 1. The van der Waals surface area contributed by atoms with Gasteiger partial charge in [0.1, 0.15) is 11.5 Å². The maximum atomic E-state index is 13.1. The molecule has 0 unspecified atom stereocenters. The topological polar surface area (TPSA) is 24.5 Å². The predicted molar refractivity (Wildman–Crippen MR) is 105 cm³/mol. The number of ether oxygens (including phenoxy) is 1. The molecule has 0 aliphatic carbocycles. The first-order chi connectivity index (χ1) is 12.0. The summed E-state index contributed by atoms with van der Waals surface area (Å²) in [6.45, 7) is 2.61. The van der Waals surface area contributed by atoms with Gasteiger partial charge in [-0.2, -0.15) is 13.2 Å². The molecule has 1 aliphatic heterocycles. The van der Waals surface area contributed by atoms with Crippen molar-refractivity contribution in [2.24, 2.45) is 0 Å². The van der Waals surface area contributed by atoms with Crippen molar-refractivity contribution < 1.29 is 17.9 Å². The van der Waals surface area contributed by atoms with E-state index in [2.05, 4.69) is 5.32 Å². The molecule has 27 heavy (non-hydrogen) atoms. The Balaban J connectivity index is 0.00000182. The molecule has 2 aromatic carbocycles. The number of alkyl halides is 3. The summed E-state index contributed by atoms with van der Waals surface area (Å²) in [7, 11) is 0. The lowest BCUT2D eigenvalue weighted by atomic mass is 10.0. The predicted octanol–water partition coefficient (Wildman–Crippen LogP) is 5.22. The Hall–Kier alpha value is -1.47. The summed E-state index contributed by atoms with van der Waals surface area (Å²) < 4.78 is 45.1. The number of para-hydroxylation sites is 1. The molecule has 3 nitrogen and oxygen atoms in total. The molecule has 1 saturated heterocycles. The molecule has 1 aliphatic rings. The Kier molecular flexibility index (Phi) is 9.39. The second-order valence-corrected chi connectivity index (χ2v) is 6.11. The fourth-order valence-corrected chi connectivity index (χ4v) is 3.08. The highest BCUT2D eigenvalue weighted by Gasteiger charge is 2.36. The highest BCUT2D eigenvalue weighted by atomic mass is 35.5. The summed E-state index contributed by atoms with van der Waals surface area (Å²) in [6, 6.07) is 15.5. The van der Waals surface area contributed by atoms with Crippen LogP contribution in [0.2, 0.25) is 0 Å². The second kappa shape index (κ2) is 10.8. The SMILES string of the molecule is Cl.Cl.FC(F)(F)C[C@H](c1cccc(Oc2ccccc2)c1)N1CCNCC1. The number of nitrogens with one attached hydrogen (secondary N) is 1. The van der Waals surface area contributed by atoms with Crippen molar-refractivity contribution in [2.45, 2.75) is 18.6 Å². The Labute approximate surface area is 169 Å². The fourth-order valence-electron chi connectivity index (χ4n) is 3.08. The Bertz CT molecular complexity index is 680. The average molecular weight is 423 g/mol. The van der Waals surface area contributed by atoms with E-state index < -0.39 is 18.6 Å². The number of hydrogen-bond acceptors (Lipinski definition) is 3. The van der Waals surface area contributed by atoms with Crippen molar-refractivity contribution in [1.82, 2.24) is 10.2 Å². The first kappa shape index (κ1) is 23.6. The zero-order valence-corrected chi connectivity index (χ0v) is 16.2.